The second-order valence-corrected chi connectivity index (χ2v) is 8.69. The Morgan fingerprint density at radius 1 is 0.880 bits per heavy atom. The Morgan fingerprint density at radius 3 is 1.84 bits per heavy atom. The Morgan fingerprint density at radius 2 is 1.40 bits per heavy atom. The van der Waals surface area contributed by atoms with E-state index >= 15 is 0 Å². The standard InChI is InChI=1S/C24H35N/c1-3-5-19-6-8-20(9-7-19)21-10-12-22(13-11-21)23-14-16-24(4-2,18-25)17-15-23/h10-13,19-20,23H,3-9,14-17H2,1-2H3. The average molecular weight is 338 g/mol. The molecule has 1 heteroatoms. The van der Waals surface area contributed by atoms with Crippen LogP contribution in [0.25, 0.3) is 0 Å². The second kappa shape index (κ2) is 8.39. The van der Waals surface area contributed by atoms with Gasteiger partial charge in [-0.1, -0.05) is 51.0 Å². The van der Waals surface area contributed by atoms with Gasteiger partial charge in [0.1, 0.15) is 0 Å². The van der Waals surface area contributed by atoms with Crippen molar-refractivity contribution in [2.75, 3.05) is 0 Å². The SMILES string of the molecule is CCCC1CCC(c2ccc(C3CCC(C#N)(CC)CC3)cc2)CC1. The highest BCUT2D eigenvalue weighted by Gasteiger charge is 2.34. The number of nitrogens with zero attached hydrogens (tertiary/aromatic N) is 1. The van der Waals surface area contributed by atoms with Crippen molar-refractivity contribution >= 4 is 0 Å². The second-order valence-electron chi connectivity index (χ2n) is 8.69. The zero-order chi connectivity index (χ0) is 17.7. The Bertz CT molecular complexity index is 563. The molecular weight excluding hydrogens is 302 g/mol. The van der Waals surface area contributed by atoms with Crippen LogP contribution in [0.4, 0.5) is 0 Å². The largest absolute Gasteiger partial charge is 0.198 e. The van der Waals surface area contributed by atoms with Crippen LogP contribution in [0.2, 0.25) is 0 Å². The Hall–Kier alpha value is -1.29. The van der Waals surface area contributed by atoms with Crippen molar-refractivity contribution in [3.05, 3.63) is 35.4 Å². The molecule has 0 N–H and O–H groups in total. The summed E-state index contributed by atoms with van der Waals surface area (Å²) in [6.07, 6.45) is 13.9. The van der Waals surface area contributed by atoms with Crippen LogP contribution in [-0.2, 0) is 0 Å². The maximum absolute atomic E-state index is 9.48. The molecule has 0 amide bonds. The first-order chi connectivity index (χ1) is 12.2. The minimum absolute atomic E-state index is 0.0342. The molecule has 0 unspecified atom stereocenters. The molecular formula is C24H35N. The third kappa shape index (κ3) is 4.28. The molecule has 3 rings (SSSR count). The Kier molecular flexibility index (Phi) is 6.21. The van der Waals surface area contributed by atoms with Gasteiger partial charge in [0, 0.05) is 0 Å². The fraction of sp³-hybridized carbons (Fsp3) is 0.708. The summed E-state index contributed by atoms with van der Waals surface area (Å²) < 4.78 is 0. The topological polar surface area (TPSA) is 23.8 Å². The van der Waals surface area contributed by atoms with Gasteiger partial charge in [-0.15, -0.1) is 0 Å². The molecule has 25 heavy (non-hydrogen) atoms. The van der Waals surface area contributed by atoms with Crippen LogP contribution in [0.1, 0.15) is 107 Å². The highest BCUT2D eigenvalue weighted by molar-refractivity contribution is 5.28. The van der Waals surface area contributed by atoms with Gasteiger partial charge in [-0.25, -0.2) is 0 Å². The van der Waals surface area contributed by atoms with Crippen LogP contribution in [0.3, 0.4) is 0 Å². The van der Waals surface area contributed by atoms with Crippen LogP contribution in [0.5, 0.6) is 0 Å². The molecule has 0 radical (unpaired) electrons. The van der Waals surface area contributed by atoms with Crippen LogP contribution in [0.15, 0.2) is 24.3 Å². The van der Waals surface area contributed by atoms with Gasteiger partial charge in [0.2, 0.25) is 0 Å². The lowest BCUT2D eigenvalue weighted by atomic mass is 9.68. The summed E-state index contributed by atoms with van der Waals surface area (Å²) in [6.45, 7) is 4.49. The molecule has 0 atom stereocenters. The monoisotopic (exact) mass is 337 g/mol. The van der Waals surface area contributed by atoms with Crippen LogP contribution in [0, 0.1) is 22.7 Å². The van der Waals surface area contributed by atoms with E-state index in [9.17, 15) is 5.26 Å². The third-order valence-electron chi connectivity index (χ3n) is 7.28. The summed E-state index contributed by atoms with van der Waals surface area (Å²) >= 11 is 0. The van der Waals surface area contributed by atoms with E-state index in [4.69, 9.17) is 0 Å². The van der Waals surface area contributed by atoms with Gasteiger partial charge in [0.25, 0.3) is 0 Å². The summed E-state index contributed by atoms with van der Waals surface area (Å²) in [5.41, 5.74) is 3.04. The molecule has 0 bridgehead atoms. The lowest BCUT2D eigenvalue weighted by Gasteiger charge is -2.34. The average Bonchev–Trinajstić information content (AvgIpc) is 2.69. The van der Waals surface area contributed by atoms with Gasteiger partial charge < -0.3 is 0 Å². The lowest BCUT2D eigenvalue weighted by Crippen LogP contribution is -2.24. The van der Waals surface area contributed by atoms with Gasteiger partial charge in [-0.05, 0) is 86.7 Å². The summed E-state index contributed by atoms with van der Waals surface area (Å²) in [6, 6.07) is 12.2. The molecule has 2 aliphatic rings. The minimum Gasteiger partial charge on any atom is -0.198 e. The van der Waals surface area contributed by atoms with Crippen molar-refractivity contribution in [1.82, 2.24) is 0 Å². The first-order valence-corrected chi connectivity index (χ1v) is 10.7. The van der Waals surface area contributed by atoms with Crippen LogP contribution >= 0.6 is 0 Å². The first kappa shape index (κ1) is 18.5. The normalized spacial score (nSPS) is 32.9. The summed E-state index contributed by atoms with van der Waals surface area (Å²) in [4.78, 5) is 0. The van der Waals surface area contributed by atoms with E-state index < -0.39 is 0 Å². The van der Waals surface area contributed by atoms with Crippen molar-refractivity contribution in [3.63, 3.8) is 0 Å². The molecule has 0 spiro atoms. The van der Waals surface area contributed by atoms with Crippen molar-refractivity contribution < 1.29 is 0 Å². The molecule has 2 saturated carbocycles. The predicted octanol–water partition coefficient (Wildman–Crippen LogP) is 7.34. The van der Waals surface area contributed by atoms with Crippen LogP contribution in [-0.4, -0.2) is 0 Å². The summed E-state index contributed by atoms with van der Waals surface area (Å²) in [5, 5.41) is 9.48. The lowest BCUT2D eigenvalue weighted by molar-refractivity contribution is 0.238. The fourth-order valence-electron chi connectivity index (χ4n) is 5.28. The molecule has 0 saturated heterocycles. The number of rotatable bonds is 5. The third-order valence-corrected chi connectivity index (χ3v) is 7.28. The van der Waals surface area contributed by atoms with Crippen molar-refractivity contribution in [2.45, 2.75) is 96.3 Å². The maximum Gasteiger partial charge on any atom is 0.0689 e. The van der Waals surface area contributed by atoms with Crippen molar-refractivity contribution in [2.24, 2.45) is 11.3 Å². The molecule has 136 valence electrons. The number of hydrogen-bond acceptors (Lipinski definition) is 1. The Labute approximate surface area is 154 Å². The first-order valence-electron chi connectivity index (χ1n) is 10.7. The van der Waals surface area contributed by atoms with Crippen molar-refractivity contribution in [3.8, 4) is 6.07 Å². The summed E-state index contributed by atoms with van der Waals surface area (Å²) in [5.74, 6) is 2.45. The van der Waals surface area contributed by atoms with E-state index in [1.165, 1.54) is 56.9 Å². The number of hydrogen-bond donors (Lipinski definition) is 0. The quantitative estimate of drug-likeness (QED) is 0.551. The molecule has 0 aliphatic heterocycles. The summed E-state index contributed by atoms with van der Waals surface area (Å²) in [7, 11) is 0. The molecule has 1 aromatic rings. The molecule has 0 aromatic heterocycles. The minimum atomic E-state index is -0.0342. The van der Waals surface area contributed by atoms with Crippen molar-refractivity contribution in [1.29, 1.82) is 5.26 Å². The van der Waals surface area contributed by atoms with Gasteiger partial charge in [-0.3, -0.25) is 0 Å². The molecule has 0 heterocycles. The molecule has 1 nitrogen and oxygen atoms in total. The maximum atomic E-state index is 9.48. The van der Waals surface area contributed by atoms with E-state index in [1.54, 1.807) is 5.56 Å². The van der Waals surface area contributed by atoms with E-state index in [-0.39, 0.29) is 5.41 Å². The highest BCUT2D eigenvalue weighted by atomic mass is 14.4. The number of nitriles is 1. The zero-order valence-electron chi connectivity index (χ0n) is 16.3. The van der Waals surface area contributed by atoms with E-state index in [2.05, 4.69) is 44.2 Å². The van der Waals surface area contributed by atoms with E-state index in [1.807, 2.05) is 0 Å². The van der Waals surface area contributed by atoms with E-state index in [0.29, 0.717) is 5.92 Å². The fourth-order valence-corrected chi connectivity index (χ4v) is 5.28. The van der Waals surface area contributed by atoms with E-state index in [0.717, 1.165) is 31.1 Å². The molecule has 2 aliphatic carbocycles. The smallest absolute Gasteiger partial charge is 0.0689 e. The van der Waals surface area contributed by atoms with Crippen LogP contribution < -0.4 is 0 Å². The predicted molar refractivity (Wildman–Crippen MR) is 106 cm³/mol. The highest BCUT2D eigenvalue weighted by Crippen LogP contribution is 2.45. The van der Waals surface area contributed by atoms with Gasteiger partial charge in [0.15, 0.2) is 0 Å². The zero-order valence-corrected chi connectivity index (χ0v) is 16.3. The number of benzene rings is 1. The van der Waals surface area contributed by atoms with Gasteiger partial charge in [0.05, 0.1) is 11.5 Å². The molecule has 2 fully saturated rings. The van der Waals surface area contributed by atoms with Gasteiger partial charge >= 0.3 is 0 Å². The van der Waals surface area contributed by atoms with Gasteiger partial charge in [-0.2, -0.15) is 5.26 Å². The Balaban J connectivity index is 1.56. The molecule has 1 aromatic carbocycles.